The molecular formula is C15H17NO2. The summed E-state index contributed by atoms with van der Waals surface area (Å²) >= 11 is 0. The van der Waals surface area contributed by atoms with Gasteiger partial charge in [-0.1, -0.05) is 6.07 Å². The van der Waals surface area contributed by atoms with Crippen molar-refractivity contribution < 1.29 is 9.84 Å². The summed E-state index contributed by atoms with van der Waals surface area (Å²) in [6.07, 6.45) is 0. The van der Waals surface area contributed by atoms with Crippen molar-refractivity contribution in [3.8, 4) is 11.6 Å². The Morgan fingerprint density at radius 1 is 1.06 bits per heavy atom. The van der Waals surface area contributed by atoms with Gasteiger partial charge in [0.25, 0.3) is 0 Å². The van der Waals surface area contributed by atoms with Gasteiger partial charge in [-0.05, 0) is 55.7 Å². The summed E-state index contributed by atoms with van der Waals surface area (Å²) in [7, 11) is 0. The van der Waals surface area contributed by atoms with Crippen molar-refractivity contribution in [2.45, 2.75) is 27.4 Å². The number of aliphatic hydroxyl groups is 1. The SMILES string of the molecule is Cc1cc(C)cc(Oc2ccc(CO)c(C)n2)c1. The molecule has 0 aliphatic rings. The maximum Gasteiger partial charge on any atom is 0.219 e. The van der Waals surface area contributed by atoms with Gasteiger partial charge in [0.05, 0.1) is 6.61 Å². The van der Waals surface area contributed by atoms with Crippen LogP contribution in [-0.4, -0.2) is 10.1 Å². The maximum atomic E-state index is 9.09. The molecule has 0 saturated carbocycles. The number of hydrogen-bond donors (Lipinski definition) is 1. The third kappa shape index (κ3) is 2.87. The van der Waals surface area contributed by atoms with Crippen LogP contribution in [0.25, 0.3) is 0 Å². The largest absolute Gasteiger partial charge is 0.439 e. The van der Waals surface area contributed by atoms with Crippen LogP contribution in [0.2, 0.25) is 0 Å². The fourth-order valence-corrected chi connectivity index (χ4v) is 1.90. The van der Waals surface area contributed by atoms with E-state index in [4.69, 9.17) is 9.84 Å². The van der Waals surface area contributed by atoms with E-state index in [0.717, 1.165) is 28.1 Å². The van der Waals surface area contributed by atoms with Gasteiger partial charge in [-0.2, -0.15) is 0 Å². The first-order chi connectivity index (χ1) is 8.58. The molecule has 18 heavy (non-hydrogen) atoms. The minimum Gasteiger partial charge on any atom is -0.439 e. The molecule has 2 rings (SSSR count). The Morgan fingerprint density at radius 2 is 1.72 bits per heavy atom. The molecule has 0 radical (unpaired) electrons. The van der Waals surface area contributed by atoms with Gasteiger partial charge >= 0.3 is 0 Å². The lowest BCUT2D eigenvalue weighted by Gasteiger charge is -2.09. The summed E-state index contributed by atoms with van der Waals surface area (Å²) in [5, 5.41) is 9.09. The predicted molar refractivity (Wildman–Crippen MR) is 70.9 cm³/mol. The highest BCUT2D eigenvalue weighted by molar-refractivity contribution is 5.36. The molecule has 0 aliphatic carbocycles. The summed E-state index contributed by atoms with van der Waals surface area (Å²) in [5.41, 5.74) is 3.93. The topological polar surface area (TPSA) is 42.4 Å². The second kappa shape index (κ2) is 5.19. The average Bonchev–Trinajstić information content (AvgIpc) is 2.27. The van der Waals surface area contributed by atoms with Crippen molar-refractivity contribution in [3.63, 3.8) is 0 Å². The first-order valence-electron chi connectivity index (χ1n) is 5.92. The van der Waals surface area contributed by atoms with E-state index in [1.807, 2.05) is 39.0 Å². The number of nitrogens with zero attached hydrogens (tertiary/aromatic N) is 1. The minimum atomic E-state index is 0.00265. The van der Waals surface area contributed by atoms with E-state index >= 15 is 0 Å². The zero-order chi connectivity index (χ0) is 13.1. The smallest absolute Gasteiger partial charge is 0.219 e. The molecule has 94 valence electrons. The Bertz CT molecular complexity index is 544. The molecule has 3 nitrogen and oxygen atoms in total. The molecule has 0 fully saturated rings. The van der Waals surface area contributed by atoms with Crippen molar-refractivity contribution >= 4 is 0 Å². The summed E-state index contributed by atoms with van der Waals surface area (Å²) in [5.74, 6) is 1.34. The molecule has 0 amide bonds. The normalized spacial score (nSPS) is 10.4. The number of ether oxygens (including phenoxy) is 1. The van der Waals surface area contributed by atoms with Crippen LogP contribution in [0.5, 0.6) is 11.6 Å². The van der Waals surface area contributed by atoms with Crippen molar-refractivity contribution in [2.24, 2.45) is 0 Å². The van der Waals surface area contributed by atoms with Gasteiger partial charge in [-0.3, -0.25) is 0 Å². The lowest BCUT2D eigenvalue weighted by atomic mass is 10.1. The van der Waals surface area contributed by atoms with Crippen LogP contribution in [0.3, 0.4) is 0 Å². The zero-order valence-corrected chi connectivity index (χ0v) is 10.9. The van der Waals surface area contributed by atoms with Gasteiger partial charge in [0, 0.05) is 11.8 Å². The molecular weight excluding hydrogens is 226 g/mol. The first-order valence-corrected chi connectivity index (χ1v) is 5.92. The van der Waals surface area contributed by atoms with Crippen LogP contribution < -0.4 is 4.74 Å². The lowest BCUT2D eigenvalue weighted by molar-refractivity contribution is 0.280. The van der Waals surface area contributed by atoms with Crippen LogP contribution in [0.1, 0.15) is 22.4 Å². The quantitative estimate of drug-likeness (QED) is 0.899. The van der Waals surface area contributed by atoms with Crippen molar-refractivity contribution in [1.82, 2.24) is 4.98 Å². The van der Waals surface area contributed by atoms with Crippen LogP contribution >= 0.6 is 0 Å². The van der Waals surface area contributed by atoms with Crippen LogP contribution in [0.15, 0.2) is 30.3 Å². The predicted octanol–water partition coefficient (Wildman–Crippen LogP) is 3.29. The number of aryl methyl sites for hydroxylation is 3. The number of benzene rings is 1. The number of hydrogen-bond acceptors (Lipinski definition) is 3. The van der Waals surface area contributed by atoms with Gasteiger partial charge in [-0.15, -0.1) is 0 Å². The molecule has 1 N–H and O–H groups in total. The Kier molecular flexibility index (Phi) is 3.63. The number of rotatable bonds is 3. The molecule has 1 aromatic heterocycles. The maximum absolute atomic E-state index is 9.09. The molecule has 0 spiro atoms. The highest BCUT2D eigenvalue weighted by Gasteiger charge is 2.04. The second-order valence-corrected chi connectivity index (χ2v) is 4.48. The van der Waals surface area contributed by atoms with Gasteiger partial charge in [0.1, 0.15) is 5.75 Å². The van der Waals surface area contributed by atoms with E-state index in [0.29, 0.717) is 5.88 Å². The van der Waals surface area contributed by atoms with E-state index < -0.39 is 0 Å². The monoisotopic (exact) mass is 243 g/mol. The van der Waals surface area contributed by atoms with Crippen molar-refractivity contribution in [2.75, 3.05) is 0 Å². The molecule has 2 aromatic rings. The molecule has 1 heterocycles. The van der Waals surface area contributed by atoms with Gasteiger partial charge < -0.3 is 9.84 Å². The summed E-state index contributed by atoms with van der Waals surface area (Å²) in [6, 6.07) is 9.66. The lowest BCUT2D eigenvalue weighted by Crippen LogP contribution is -1.95. The standard InChI is InChI=1S/C15H17NO2/c1-10-6-11(2)8-14(7-10)18-15-5-4-13(9-17)12(3)16-15/h4-8,17H,9H2,1-3H3. The number of aromatic nitrogens is 1. The molecule has 0 aliphatic heterocycles. The molecule has 0 atom stereocenters. The summed E-state index contributed by atoms with van der Waals surface area (Å²) in [6.45, 7) is 5.93. The third-order valence-electron chi connectivity index (χ3n) is 2.76. The molecule has 0 saturated heterocycles. The Morgan fingerprint density at radius 3 is 2.28 bits per heavy atom. The van der Waals surface area contributed by atoms with E-state index in [-0.39, 0.29) is 6.61 Å². The summed E-state index contributed by atoms with van der Waals surface area (Å²) in [4.78, 5) is 4.32. The Labute approximate surface area is 107 Å². The summed E-state index contributed by atoms with van der Waals surface area (Å²) < 4.78 is 5.73. The van der Waals surface area contributed by atoms with E-state index in [2.05, 4.69) is 11.1 Å². The van der Waals surface area contributed by atoms with Gasteiger partial charge in [-0.25, -0.2) is 4.98 Å². The van der Waals surface area contributed by atoms with Gasteiger partial charge in [0.2, 0.25) is 5.88 Å². The van der Waals surface area contributed by atoms with Crippen molar-refractivity contribution in [1.29, 1.82) is 0 Å². The van der Waals surface area contributed by atoms with Crippen LogP contribution in [0.4, 0.5) is 0 Å². The fourth-order valence-electron chi connectivity index (χ4n) is 1.90. The van der Waals surface area contributed by atoms with E-state index in [9.17, 15) is 0 Å². The highest BCUT2D eigenvalue weighted by atomic mass is 16.5. The first kappa shape index (κ1) is 12.6. The van der Waals surface area contributed by atoms with E-state index in [1.165, 1.54) is 0 Å². The minimum absolute atomic E-state index is 0.00265. The van der Waals surface area contributed by atoms with Crippen LogP contribution in [-0.2, 0) is 6.61 Å². The highest BCUT2D eigenvalue weighted by Crippen LogP contribution is 2.23. The van der Waals surface area contributed by atoms with Gasteiger partial charge in [0.15, 0.2) is 0 Å². The Hall–Kier alpha value is -1.87. The Balaban J connectivity index is 2.25. The van der Waals surface area contributed by atoms with Crippen LogP contribution in [0, 0.1) is 20.8 Å². The second-order valence-electron chi connectivity index (χ2n) is 4.48. The van der Waals surface area contributed by atoms with E-state index in [1.54, 1.807) is 6.07 Å². The molecule has 3 heteroatoms. The number of pyridine rings is 1. The average molecular weight is 243 g/mol. The third-order valence-corrected chi connectivity index (χ3v) is 2.76. The molecule has 1 aromatic carbocycles. The van der Waals surface area contributed by atoms with Crippen molar-refractivity contribution in [3.05, 3.63) is 52.7 Å². The molecule has 0 unspecified atom stereocenters. The fraction of sp³-hybridized carbons (Fsp3) is 0.267. The number of aliphatic hydroxyl groups excluding tert-OH is 1. The molecule has 0 bridgehead atoms. The zero-order valence-electron chi connectivity index (χ0n) is 10.9.